The van der Waals surface area contributed by atoms with E-state index in [2.05, 4.69) is 20.1 Å². The Balaban J connectivity index is 1.77. The molecule has 8 heteroatoms. The Morgan fingerprint density at radius 2 is 1.88 bits per heavy atom. The molecule has 0 spiro atoms. The van der Waals surface area contributed by atoms with Crippen molar-refractivity contribution in [2.24, 2.45) is 0 Å². The summed E-state index contributed by atoms with van der Waals surface area (Å²) >= 11 is 0. The second-order valence-corrected chi connectivity index (χ2v) is 5.14. The molecule has 2 aromatic heterocycles. The summed E-state index contributed by atoms with van der Waals surface area (Å²) < 4.78 is 33.5. The molecule has 25 heavy (non-hydrogen) atoms. The lowest BCUT2D eigenvalue weighted by Gasteiger charge is -2.10. The molecule has 2 aromatic carbocycles. The van der Waals surface area contributed by atoms with E-state index >= 15 is 0 Å². The van der Waals surface area contributed by atoms with Gasteiger partial charge in [-0.1, -0.05) is 18.2 Å². The fourth-order valence-electron chi connectivity index (χ4n) is 2.38. The predicted molar refractivity (Wildman–Crippen MR) is 85.9 cm³/mol. The molecule has 0 aliphatic rings. The number of halogens is 2. The zero-order valence-electron chi connectivity index (χ0n) is 12.8. The molecule has 0 saturated heterocycles. The molecule has 0 saturated carbocycles. The first-order chi connectivity index (χ1) is 12.2. The van der Waals surface area contributed by atoms with Crippen LogP contribution in [0.2, 0.25) is 0 Å². The van der Waals surface area contributed by atoms with Crippen molar-refractivity contribution in [3.05, 3.63) is 67.0 Å². The van der Waals surface area contributed by atoms with E-state index in [0.29, 0.717) is 16.7 Å². The number of benzene rings is 2. The number of alkyl halides is 2. The lowest BCUT2D eigenvalue weighted by Crippen LogP contribution is -2.00. The van der Waals surface area contributed by atoms with Gasteiger partial charge in [-0.05, 0) is 24.3 Å². The zero-order valence-corrected chi connectivity index (χ0v) is 12.8. The van der Waals surface area contributed by atoms with Gasteiger partial charge >= 0.3 is 0 Å². The van der Waals surface area contributed by atoms with Crippen LogP contribution < -0.4 is 4.74 Å². The van der Waals surface area contributed by atoms with Crippen molar-refractivity contribution < 1.29 is 13.5 Å². The zero-order chi connectivity index (χ0) is 17.2. The highest BCUT2D eigenvalue weighted by Gasteiger charge is 2.16. The van der Waals surface area contributed by atoms with Crippen molar-refractivity contribution in [1.29, 1.82) is 0 Å². The maximum absolute atomic E-state index is 13.1. The minimum atomic E-state index is -2.78. The number of rotatable bonds is 4. The van der Waals surface area contributed by atoms with E-state index in [1.165, 1.54) is 6.33 Å². The van der Waals surface area contributed by atoms with Gasteiger partial charge in [0.15, 0.2) is 5.82 Å². The normalized spacial score (nSPS) is 11.2. The number of ether oxygens (including phenoxy) is 1. The number of fused-ring (bicyclic) bond motifs is 1. The molecule has 0 amide bonds. The van der Waals surface area contributed by atoms with E-state index in [1.54, 1.807) is 53.5 Å². The second-order valence-electron chi connectivity index (χ2n) is 5.14. The fourth-order valence-corrected chi connectivity index (χ4v) is 2.38. The van der Waals surface area contributed by atoms with Crippen LogP contribution in [-0.4, -0.2) is 24.7 Å². The number of hydrogen-bond donors (Lipinski definition) is 0. The quantitative estimate of drug-likeness (QED) is 0.563. The van der Waals surface area contributed by atoms with Crippen molar-refractivity contribution in [1.82, 2.24) is 24.7 Å². The van der Waals surface area contributed by atoms with Gasteiger partial charge in [0.1, 0.15) is 18.4 Å². The monoisotopic (exact) mass is 339 g/mol. The van der Waals surface area contributed by atoms with E-state index in [-0.39, 0.29) is 5.88 Å². The molecular formula is C17H11F2N5O. The molecule has 0 N–H and O–H groups in total. The highest BCUT2D eigenvalue weighted by molar-refractivity contribution is 5.83. The highest BCUT2D eigenvalue weighted by Crippen LogP contribution is 2.30. The van der Waals surface area contributed by atoms with E-state index in [4.69, 9.17) is 4.74 Å². The Hall–Kier alpha value is -3.42. The van der Waals surface area contributed by atoms with Gasteiger partial charge in [0.05, 0.1) is 16.6 Å². The van der Waals surface area contributed by atoms with Crippen LogP contribution in [0.15, 0.2) is 61.2 Å². The van der Waals surface area contributed by atoms with Crippen molar-refractivity contribution in [2.45, 2.75) is 6.43 Å². The lowest BCUT2D eigenvalue weighted by molar-refractivity contribution is 0.140. The Morgan fingerprint density at radius 3 is 2.68 bits per heavy atom. The SMILES string of the molecule is FC(F)c1nc(Oc2cccc(-n3cncn3)c2)c2ccccc2n1. The molecule has 4 rings (SSSR count). The summed E-state index contributed by atoms with van der Waals surface area (Å²) in [5.74, 6) is -0.0464. The molecule has 0 bridgehead atoms. The molecule has 0 aliphatic carbocycles. The molecule has 4 aromatic rings. The highest BCUT2D eigenvalue weighted by atomic mass is 19.3. The van der Waals surface area contributed by atoms with Gasteiger partial charge in [-0.15, -0.1) is 0 Å². The van der Waals surface area contributed by atoms with Crippen molar-refractivity contribution in [3.63, 3.8) is 0 Å². The van der Waals surface area contributed by atoms with Crippen molar-refractivity contribution in [3.8, 4) is 17.3 Å². The van der Waals surface area contributed by atoms with Gasteiger partial charge in [-0.3, -0.25) is 0 Å². The number of para-hydroxylation sites is 1. The van der Waals surface area contributed by atoms with Crippen molar-refractivity contribution in [2.75, 3.05) is 0 Å². The third-order valence-electron chi connectivity index (χ3n) is 3.50. The second kappa shape index (κ2) is 6.23. The third-order valence-corrected chi connectivity index (χ3v) is 3.50. The molecule has 0 atom stereocenters. The van der Waals surface area contributed by atoms with E-state index < -0.39 is 12.2 Å². The van der Waals surface area contributed by atoms with Gasteiger partial charge in [0, 0.05) is 6.07 Å². The summed E-state index contributed by atoms with van der Waals surface area (Å²) in [6.07, 6.45) is 0.183. The summed E-state index contributed by atoms with van der Waals surface area (Å²) in [5, 5.41) is 4.60. The summed E-state index contributed by atoms with van der Waals surface area (Å²) in [7, 11) is 0. The van der Waals surface area contributed by atoms with Gasteiger partial charge in [0.2, 0.25) is 5.88 Å². The third kappa shape index (κ3) is 3.01. The first-order valence-corrected chi connectivity index (χ1v) is 7.38. The lowest BCUT2D eigenvalue weighted by atomic mass is 10.2. The summed E-state index contributed by atoms with van der Waals surface area (Å²) in [6.45, 7) is 0. The molecule has 6 nitrogen and oxygen atoms in total. The predicted octanol–water partition coefficient (Wildman–Crippen LogP) is 3.94. The maximum Gasteiger partial charge on any atom is 0.297 e. The average Bonchev–Trinajstić information content (AvgIpc) is 3.16. The molecule has 0 radical (unpaired) electrons. The molecule has 0 fully saturated rings. The standard InChI is InChI=1S/C17H11F2N5O/c18-15(19)16-22-14-7-2-1-6-13(14)17(23-16)25-12-5-3-4-11(8-12)24-10-20-9-21-24/h1-10,15H. The average molecular weight is 339 g/mol. The molecule has 0 unspecified atom stereocenters. The van der Waals surface area contributed by atoms with Gasteiger partial charge in [-0.2, -0.15) is 10.1 Å². The Morgan fingerprint density at radius 1 is 1.00 bits per heavy atom. The van der Waals surface area contributed by atoms with Crippen LogP contribution in [0.5, 0.6) is 11.6 Å². The Kier molecular flexibility index (Phi) is 3.77. The van der Waals surface area contributed by atoms with Gasteiger partial charge in [0.25, 0.3) is 6.43 Å². The van der Waals surface area contributed by atoms with Gasteiger partial charge in [-0.25, -0.2) is 23.4 Å². The molecule has 124 valence electrons. The smallest absolute Gasteiger partial charge is 0.297 e. The van der Waals surface area contributed by atoms with Gasteiger partial charge < -0.3 is 4.74 Å². The van der Waals surface area contributed by atoms with Crippen LogP contribution in [-0.2, 0) is 0 Å². The van der Waals surface area contributed by atoms with Crippen LogP contribution in [0.1, 0.15) is 12.2 Å². The van der Waals surface area contributed by atoms with E-state index in [1.807, 2.05) is 6.07 Å². The van der Waals surface area contributed by atoms with Crippen LogP contribution >= 0.6 is 0 Å². The van der Waals surface area contributed by atoms with Crippen LogP contribution in [0.25, 0.3) is 16.6 Å². The first-order valence-electron chi connectivity index (χ1n) is 7.38. The van der Waals surface area contributed by atoms with Crippen molar-refractivity contribution >= 4 is 10.9 Å². The van der Waals surface area contributed by atoms with E-state index in [9.17, 15) is 8.78 Å². The minimum absolute atomic E-state index is 0.0802. The summed E-state index contributed by atoms with van der Waals surface area (Å²) in [4.78, 5) is 11.6. The topological polar surface area (TPSA) is 65.7 Å². The Bertz CT molecular complexity index is 1020. The first kappa shape index (κ1) is 15.1. The molecule has 0 aliphatic heterocycles. The summed E-state index contributed by atoms with van der Waals surface area (Å²) in [6, 6.07) is 13.9. The largest absolute Gasteiger partial charge is 0.438 e. The van der Waals surface area contributed by atoms with Crippen LogP contribution in [0.4, 0.5) is 8.78 Å². The molecular weight excluding hydrogens is 328 g/mol. The fraction of sp³-hybridized carbons (Fsp3) is 0.0588. The molecule has 2 heterocycles. The summed E-state index contributed by atoms with van der Waals surface area (Å²) in [5.41, 5.74) is 1.12. The Labute approximate surface area is 140 Å². The van der Waals surface area contributed by atoms with E-state index in [0.717, 1.165) is 5.69 Å². The number of nitrogens with zero attached hydrogens (tertiary/aromatic N) is 5. The van der Waals surface area contributed by atoms with Crippen LogP contribution in [0, 0.1) is 0 Å². The number of aromatic nitrogens is 5. The van der Waals surface area contributed by atoms with Crippen LogP contribution in [0.3, 0.4) is 0 Å². The maximum atomic E-state index is 13.1. The number of hydrogen-bond acceptors (Lipinski definition) is 5. The minimum Gasteiger partial charge on any atom is -0.438 e.